The topological polar surface area (TPSA) is 87.9 Å². The number of hydrogen-bond acceptors (Lipinski definition) is 5. The van der Waals surface area contributed by atoms with Crippen LogP contribution in [0, 0.1) is 0 Å². The number of anilines is 4. The van der Waals surface area contributed by atoms with Crippen LogP contribution in [-0.2, 0) is 18.9 Å². The lowest BCUT2D eigenvalue weighted by Crippen LogP contribution is -2.17. The highest BCUT2D eigenvalue weighted by molar-refractivity contribution is 5.90. The summed E-state index contributed by atoms with van der Waals surface area (Å²) in [5.41, 5.74) is 1.07. The fourth-order valence-electron chi connectivity index (χ4n) is 2.47. The van der Waals surface area contributed by atoms with Crippen LogP contribution < -0.4 is 21.3 Å². The number of amides is 1. The summed E-state index contributed by atoms with van der Waals surface area (Å²) in [6.07, 6.45) is 4.18. The van der Waals surface area contributed by atoms with Gasteiger partial charge in [0.25, 0.3) is 0 Å². The molecule has 2 aromatic heterocycles. The minimum absolute atomic E-state index is 0.0668. The van der Waals surface area contributed by atoms with E-state index < -0.39 is 0 Å². The van der Waals surface area contributed by atoms with Gasteiger partial charge in [0.15, 0.2) is 5.82 Å². The van der Waals surface area contributed by atoms with Crippen LogP contribution in [0.4, 0.5) is 23.3 Å². The van der Waals surface area contributed by atoms with Crippen molar-refractivity contribution >= 4 is 29.2 Å². The minimum Gasteiger partial charge on any atom is -0.384 e. The van der Waals surface area contributed by atoms with E-state index in [1.807, 2.05) is 49.3 Å². The monoisotopic (exact) mass is 347 g/mol. The number of rotatable bonds is 9. The second kappa shape index (κ2) is 8.46. The second-order valence-electron chi connectivity index (χ2n) is 6.34. The number of imidazole rings is 1. The van der Waals surface area contributed by atoms with Crippen molar-refractivity contribution in [1.29, 1.82) is 0 Å². The van der Waals surface area contributed by atoms with E-state index in [9.17, 15) is 4.79 Å². The van der Waals surface area contributed by atoms with Gasteiger partial charge in [-0.2, -0.15) is 4.98 Å². The van der Waals surface area contributed by atoms with Crippen molar-refractivity contribution in [2.75, 3.05) is 34.4 Å². The molecule has 0 atom stereocenters. The summed E-state index contributed by atoms with van der Waals surface area (Å²) < 4.78 is 3.86. The number of hydrogen-bond donors (Lipinski definition) is 4. The summed E-state index contributed by atoms with van der Waals surface area (Å²) in [7, 11) is 3.87. The molecule has 0 saturated heterocycles. The highest BCUT2D eigenvalue weighted by Crippen LogP contribution is 2.17. The molecule has 8 heteroatoms. The van der Waals surface area contributed by atoms with Crippen molar-refractivity contribution in [3.63, 3.8) is 0 Å². The van der Waals surface area contributed by atoms with Gasteiger partial charge in [0.1, 0.15) is 5.82 Å². The highest BCUT2D eigenvalue weighted by atomic mass is 16.1. The number of nitrogens with zero attached hydrogens (tertiary/aromatic N) is 3. The van der Waals surface area contributed by atoms with Crippen molar-refractivity contribution in [2.45, 2.75) is 33.2 Å². The first-order chi connectivity index (χ1) is 11.9. The number of aryl methyl sites for hydroxylation is 2. The molecular weight excluding hydrogens is 318 g/mol. The van der Waals surface area contributed by atoms with Gasteiger partial charge in [-0.25, -0.2) is 0 Å². The van der Waals surface area contributed by atoms with E-state index in [-0.39, 0.29) is 11.9 Å². The van der Waals surface area contributed by atoms with E-state index in [0.717, 1.165) is 24.0 Å². The van der Waals surface area contributed by atoms with Crippen molar-refractivity contribution < 1.29 is 4.79 Å². The van der Waals surface area contributed by atoms with Crippen LogP contribution >= 0.6 is 0 Å². The Morgan fingerprint density at radius 3 is 2.64 bits per heavy atom. The molecule has 0 unspecified atom stereocenters. The molecule has 0 radical (unpaired) electrons. The number of aromatic nitrogens is 3. The average Bonchev–Trinajstić information content (AvgIpc) is 3.02. The zero-order chi connectivity index (χ0) is 18.4. The SMILES string of the molecule is CCNc1cc(NCCC(=O)Nc2cn(C)c(NC(C)C)n2)n(C)c1. The highest BCUT2D eigenvalue weighted by Gasteiger charge is 2.09. The lowest BCUT2D eigenvalue weighted by Gasteiger charge is -2.08. The van der Waals surface area contributed by atoms with Crippen molar-refractivity contribution in [2.24, 2.45) is 14.1 Å². The molecule has 2 rings (SSSR count). The summed E-state index contributed by atoms with van der Waals surface area (Å²) in [4.78, 5) is 16.5. The zero-order valence-corrected chi connectivity index (χ0v) is 15.7. The average molecular weight is 347 g/mol. The molecule has 0 fully saturated rings. The van der Waals surface area contributed by atoms with Crippen LogP contribution in [0.1, 0.15) is 27.2 Å². The van der Waals surface area contributed by atoms with Crippen molar-refractivity contribution in [1.82, 2.24) is 14.1 Å². The van der Waals surface area contributed by atoms with Gasteiger partial charge in [-0.1, -0.05) is 0 Å². The van der Waals surface area contributed by atoms with E-state index >= 15 is 0 Å². The first kappa shape index (κ1) is 18.7. The lowest BCUT2D eigenvalue weighted by atomic mass is 10.4. The Kier molecular flexibility index (Phi) is 6.32. The smallest absolute Gasteiger partial charge is 0.227 e. The summed E-state index contributed by atoms with van der Waals surface area (Å²) >= 11 is 0. The van der Waals surface area contributed by atoms with Gasteiger partial charge in [-0.15, -0.1) is 0 Å². The third-order valence-corrected chi connectivity index (χ3v) is 3.61. The van der Waals surface area contributed by atoms with Gasteiger partial charge in [0.05, 0.1) is 5.69 Å². The predicted octanol–water partition coefficient (Wildman–Crippen LogP) is 2.45. The van der Waals surface area contributed by atoms with Crippen molar-refractivity contribution in [3.05, 3.63) is 18.5 Å². The molecule has 8 nitrogen and oxygen atoms in total. The quantitative estimate of drug-likeness (QED) is 0.560. The van der Waals surface area contributed by atoms with Gasteiger partial charge in [0.2, 0.25) is 11.9 Å². The third-order valence-electron chi connectivity index (χ3n) is 3.61. The molecular formula is C17H29N7O. The molecule has 0 aromatic carbocycles. The van der Waals surface area contributed by atoms with Crippen LogP contribution in [0.3, 0.4) is 0 Å². The van der Waals surface area contributed by atoms with Crippen molar-refractivity contribution in [3.8, 4) is 0 Å². The molecule has 0 spiro atoms. The Morgan fingerprint density at radius 2 is 1.96 bits per heavy atom. The normalized spacial score (nSPS) is 10.8. The standard InChI is InChI=1S/C17H29N7O/c1-6-18-13-9-15(23(4)10-13)19-8-7-16(25)21-14-11-24(5)17(22-14)20-12(2)3/h9-12,18-19H,6-8H2,1-5H3,(H,20,22)(H,21,25). The van der Waals surface area contributed by atoms with Crippen LogP contribution in [0.15, 0.2) is 18.5 Å². The Morgan fingerprint density at radius 1 is 1.20 bits per heavy atom. The summed E-state index contributed by atoms with van der Waals surface area (Å²) in [5.74, 6) is 2.21. The largest absolute Gasteiger partial charge is 0.384 e. The molecule has 0 aliphatic carbocycles. The third kappa shape index (κ3) is 5.44. The van der Waals surface area contributed by atoms with Crippen LogP contribution in [0.2, 0.25) is 0 Å². The number of nitrogens with one attached hydrogen (secondary N) is 4. The van der Waals surface area contributed by atoms with Crippen LogP contribution in [-0.4, -0.2) is 39.2 Å². The Balaban J connectivity index is 1.81. The van der Waals surface area contributed by atoms with Gasteiger partial charge in [0, 0.05) is 58.1 Å². The molecule has 138 valence electrons. The van der Waals surface area contributed by atoms with Crippen LogP contribution in [0.25, 0.3) is 0 Å². The maximum absolute atomic E-state index is 12.1. The van der Waals surface area contributed by atoms with Gasteiger partial charge in [-0.3, -0.25) is 4.79 Å². The lowest BCUT2D eigenvalue weighted by molar-refractivity contribution is -0.116. The molecule has 0 aliphatic heterocycles. The number of carbonyl (C=O) groups is 1. The van der Waals surface area contributed by atoms with E-state index in [2.05, 4.69) is 33.2 Å². The van der Waals surface area contributed by atoms with E-state index in [4.69, 9.17) is 0 Å². The maximum Gasteiger partial charge on any atom is 0.227 e. The Bertz CT molecular complexity index is 702. The zero-order valence-electron chi connectivity index (χ0n) is 15.7. The maximum atomic E-state index is 12.1. The van der Waals surface area contributed by atoms with Gasteiger partial charge >= 0.3 is 0 Å². The fourth-order valence-corrected chi connectivity index (χ4v) is 2.47. The Hall–Kier alpha value is -2.64. The molecule has 2 aromatic rings. The predicted molar refractivity (Wildman–Crippen MR) is 103 cm³/mol. The summed E-state index contributed by atoms with van der Waals surface area (Å²) in [5, 5.41) is 12.6. The minimum atomic E-state index is -0.0668. The summed E-state index contributed by atoms with van der Waals surface area (Å²) in [6.45, 7) is 7.58. The van der Waals surface area contributed by atoms with Gasteiger partial charge in [-0.05, 0) is 20.8 Å². The summed E-state index contributed by atoms with van der Waals surface area (Å²) in [6, 6.07) is 2.32. The van der Waals surface area contributed by atoms with Gasteiger partial charge < -0.3 is 30.4 Å². The molecule has 4 N–H and O–H groups in total. The van der Waals surface area contributed by atoms with E-state index in [1.54, 1.807) is 6.20 Å². The molecule has 0 saturated carbocycles. The van der Waals surface area contributed by atoms with Crippen LogP contribution in [0.5, 0.6) is 0 Å². The van der Waals surface area contributed by atoms with E-state index in [1.165, 1.54) is 0 Å². The molecule has 0 aliphatic rings. The fraction of sp³-hybridized carbons (Fsp3) is 0.529. The molecule has 0 bridgehead atoms. The molecule has 1 amide bonds. The van der Waals surface area contributed by atoms with E-state index in [0.29, 0.717) is 18.8 Å². The Labute approximate surface area is 149 Å². The molecule has 2 heterocycles. The molecule has 25 heavy (non-hydrogen) atoms. The number of carbonyl (C=O) groups excluding carboxylic acids is 1. The first-order valence-electron chi connectivity index (χ1n) is 8.63. The first-order valence-corrected chi connectivity index (χ1v) is 8.63. The second-order valence-corrected chi connectivity index (χ2v) is 6.34.